The van der Waals surface area contributed by atoms with Gasteiger partial charge in [-0.15, -0.1) is 11.3 Å². The maximum absolute atomic E-state index is 12.9. The summed E-state index contributed by atoms with van der Waals surface area (Å²) < 4.78 is 0. The number of rotatable bonds is 5. The molecule has 2 aromatic carbocycles. The summed E-state index contributed by atoms with van der Waals surface area (Å²) in [5.74, 6) is -0.0980. The lowest BCUT2D eigenvalue weighted by Crippen LogP contribution is -2.31. The molecule has 1 atom stereocenters. The van der Waals surface area contributed by atoms with Gasteiger partial charge in [0.2, 0.25) is 5.91 Å². The molecular weight excluding hydrogens is 356 g/mol. The van der Waals surface area contributed by atoms with E-state index in [9.17, 15) is 9.59 Å². The first-order chi connectivity index (χ1) is 13.1. The molecule has 0 radical (unpaired) electrons. The van der Waals surface area contributed by atoms with Crippen molar-refractivity contribution in [3.63, 3.8) is 0 Å². The van der Waals surface area contributed by atoms with E-state index in [4.69, 9.17) is 0 Å². The fourth-order valence-corrected chi connectivity index (χ4v) is 4.30. The Hall–Kier alpha value is -2.92. The van der Waals surface area contributed by atoms with Gasteiger partial charge in [-0.3, -0.25) is 9.59 Å². The molecule has 0 aliphatic carbocycles. The first-order valence-corrected chi connectivity index (χ1v) is 9.79. The summed E-state index contributed by atoms with van der Waals surface area (Å²) in [6.45, 7) is 2.50. The van der Waals surface area contributed by atoms with Crippen LogP contribution in [0.4, 0.5) is 5.69 Å². The molecule has 4 nitrogen and oxygen atoms in total. The molecule has 2 amide bonds. The van der Waals surface area contributed by atoms with Crippen molar-refractivity contribution in [2.24, 2.45) is 0 Å². The van der Waals surface area contributed by atoms with E-state index in [2.05, 4.69) is 5.32 Å². The van der Waals surface area contributed by atoms with Gasteiger partial charge in [0.25, 0.3) is 5.91 Å². The van der Waals surface area contributed by atoms with Crippen molar-refractivity contribution in [1.29, 1.82) is 0 Å². The van der Waals surface area contributed by atoms with E-state index in [-0.39, 0.29) is 24.3 Å². The number of anilines is 1. The van der Waals surface area contributed by atoms with Crippen LogP contribution in [0.2, 0.25) is 0 Å². The molecular formula is C22H20N2O2S. The van der Waals surface area contributed by atoms with Crippen LogP contribution in [0.5, 0.6) is 0 Å². The molecule has 1 aliphatic rings. The number of aryl methyl sites for hydroxylation is 1. The van der Waals surface area contributed by atoms with Crippen LogP contribution in [0.15, 0.2) is 66.0 Å². The third kappa shape index (κ3) is 3.51. The van der Waals surface area contributed by atoms with Crippen LogP contribution in [0.3, 0.4) is 0 Å². The lowest BCUT2D eigenvalue weighted by Gasteiger charge is -2.27. The van der Waals surface area contributed by atoms with Gasteiger partial charge < -0.3 is 10.2 Å². The van der Waals surface area contributed by atoms with E-state index < -0.39 is 0 Å². The van der Waals surface area contributed by atoms with Gasteiger partial charge in [-0.1, -0.05) is 42.5 Å². The summed E-state index contributed by atoms with van der Waals surface area (Å²) in [7, 11) is 0. The van der Waals surface area contributed by atoms with Gasteiger partial charge in [-0.2, -0.15) is 0 Å². The van der Waals surface area contributed by atoms with Crippen LogP contribution in [0, 0.1) is 6.92 Å². The fraction of sp³-hybridized carbons (Fsp3) is 0.182. The minimum atomic E-state index is -0.270. The van der Waals surface area contributed by atoms with Crippen LogP contribution in [0.1, 0.15) is 38.8 Å². The first kappa shape index (κ1) is 17.5. The SMILES string of the molecule is Cc1ccccc1NC(=O)CC(c1cccs1)N1Cc2ccccc2C1=O. The van der Waals surface area contributed by atoms with Crippen molar-refractivity contribution >= 4 is 28.8 Å². The van der Waals surface area contributed by atoms with Gasteiger partial charge in [-0.25, -0.2) is 0 Å². The van der Waals surface area contributed by atoms with E-state index in [0.29, 0.717) is 6.54 Å². The topological polar surface area (TPSA) is 49.4 Å². The quantitative estimate of drug-likeness (QED) is 0.696. The zero-order chi connectivity index (χ0) is 18.8. The molecule has 1 aromatic heterocycles. The second-order valence-corrected chi connectivity index (χ2v) is 7.67. The number of hydrogen-bond donors (Lipinski definition) is 1. The second kappa shape index (κ2) is 7.37. The predicted molar refractivity (Wildman–Crippen MR) is 108 cm³/mol. The number of benzene rings is 2. The Labute approximate surface area is 162 Å². The molecule has 1 unspecified atom stereocenters. The Bertz CT molecular complexity index is 981. The van der Waals surface area contributed by atoms with Gasteiger partial charge in [-0.05, 0) is 41.6 Å². The highest BCUT2D eigenvalue weighted by Crippen LogP contribution is 2.35. The number of fused-ring (bicyclic) bond motifs is 1. The monoisotopic (exact) mass is 376 g/mol. The van der Waals surface area contributed by atoms with E-state index in [1.807, 2.05) is 77.9 Å². The molecule has 4 rings (SSSR count). The largest absolute Gasteiger partial charge is 0.326 e. The highest BCUT2D eigenvalue weighted by atomic mass is 32.1. The number of nitrogens with one attached hydrogen (secondary N) is 1. The molecule has 0 fully saturated rings. The second-order valence-electron chi connectivity index (χ2n) is 6.69. The maximum Gasteiger partial charge on any atom is 0.255 e. The molecule has 1 aliphatic heterocycles. The fourth-order valence-electron chi connectivity index (χ4n) is 3.46. The number of para-hydroxylation sites is 1. The molecule has 27 heavy (non-hydrogen) atoms. The summed E-state index contributed by atoms with van der Waals surface area (Å²) in [4.78, 5) is 28.5. The summed E-state index contributed by atoms with van der Waals surface area (Å²) in [6.07, 6.45) is 0.231. The van der Waals surface area contributed by atoms with Crippen LogP contribution in [0.25, 0.3) is 0 Å². The molecule has 0 spiro atoms. The number of hydrogen-bond acceptors (Lipinski definition) is 3. The van der Waals surface area contributed by atoms with E-state index in [0.717, 1.165) is 27.3 Å². The normalized spacial score (nSPS) is 14.1. The minimum Gasteiger partial charge on any atom is -0.326 e. The number of carbonyl (C=O) groups is 2. The third-order valence-electron chi connectivity index (χ3n) is 4.90. The Morgan fingerprint density at radius 1 is 1.11 bits per heavy atom. The number of nitrogens with zero attached hydrogens (tertiary/aromatic N) is 1. The Morgan fingerprint density at radius 2 is 1.89 bits per heavy atom. The molecule has 0 saturated heterocycles. The summed E-state index contributed by atoms with van der Waals surface area (Å²) >= 11 is 1.58. The molecule has 5 heteroatoms. The lowest BCUT2D eigenvalue weighted by molar-refractivity contribution is -0.117. The summed E-state index contributed by atoms with van der Waals surface area (Å²) in [5.41, 5.74) is 3.58. The average molecular weight is 376 g/mol. The van der Waals surface area contributed by atoms with Crippen LogP contribution in [-0.2, 0) is 11.3 Å². The van der Waals surface area contributed by atoms with Gasteiger partial charge in [0.05, 0.1) is 12.5 Å². The standard InChI is InChI=1S/C22H20N2O2S/c1-15-7-2-5-10-18(15)23-21(25)13-19(20-11-6-12-27-20)24-14-16-8-3-4-9-17(16)22(24)26/h2-12,19H,13-14H2,1H3,(H,23,25). The van der Waals surface area contributed by atoms with Crippen LogP contribution < -0.4 is 5.32 Å². The van der Waals surface area contributed by atoms with Gasteiger partial charge in [0, 0.05) is 22.7 Å². The van der Waals surface area contributed by atoms with Gasteiger partial charge in [0.15, 0.2) is 0 Å². The zero-order valence-corrected chi connectivity index (χ0v) is 15.8. The van der Waals surface area contributed by atoms with Crippen molar-refractivity contribution in [1.82, 2.24) is 4.90 Å². The Morgan fingerprint density at radius 3 is 2.63 bits per heavy atom. The highest BCUT2D eigenvalue weighted by molar-refractivity contribution is 7.10. The van der Waals surface area contributed by atoms with Crippen molar-refractivity contribution < 1.29 is 9.59 Å². The molecule has 0 bridgehead atoms. The number of amides is 2. The maximum atomic E-state index is 12.9. The van der Waals surface area contributed by atoms with Gasteiger partial charge >= 0.3 is 0 Å². The van der Waals surface area contributed by atoms with Crippen LogP contribution in [-0.4, -0.2) is 16.7 Å². The summed E-state index contributed by atoms with van der Waals surface area (Å²) in [5, 5.41) is 4.97. The van der Waals surface area contributed by atoms with E-state index in [1.165, 1.54) is 0 Å². The highest BCUT2D eigenvalue weighted by Gasteiger charge is 2.34. The third-order valence-corrected chi connectivity index (χ3v) is 5.87. The summed E-state index contributed by atoms with van der Waals surface area (Å²) in [6, 6.07) is 19.0. The molecule has 3 aromatic rings. The minimum absolute atomic E-state index is 0.00677. The van der Waals surface area contributed by atoms with Crippen molar-refractivity contribution in [2.75, 3.05) is 5.32 Å². The predicted octanol–water partition coefficient (Wildman–Crippen LogP) is 4.78. The first-order valence-electron chi connectivity index (χ1n) is 8.91. The average Bonchev–Trinajstić information content (AvgIpc) is 3.31. The molecule has 2 heterocycles. The van der Waals surface area contributed by atoms with E-state index >= 15 is 0 Å². The molecule has 136 valence electrons. The Kier molecular flexibility index (Phi) is 4.77. The number of thiophene rings is 1. The zero-order valence-electron chi connectivity index (χ0n) is 15.0. The van der Waals surface area contributed by atoms with E-state index in [1.54, 1.807) is 11.3 Å². The smallest absolute Gasteiger partial charge is 0.255 e. The van der Waals surface area contributed by atoms with Crippen molar-refractivity contribution in [3.8, 4) is 0 Å². The van der Waals surface area contributed by atoms with Crippen molar-refractivity contribution in [2.45, 2.75) is 25.9 Å². The van der Waals surface area contributed by atoms with Crippen LogP contribution >= 0.6 is 11.3 Å². The number of carbonyl (C=O) groups excluding carboxylic acids is 2. The van der Waals surface area contributed by atoms with Gasteiger partial charge in [0.1, 0.15) is 0 Å². The van der Waals surface area contributed by atoms with Crippen molar-refractivity contribution in [3.05, 3.63) is 87.6 Å². The Balaban J connectivity index is 1.57. The molecule has 1 N–H and O–H groups in total. The lowest BCUT2D eigenvalue weighted by atomic mass is 10.1. The molecule has 0 saturated carbocycles.